The van der Waals surface area contributed by atoms with Crippen molar-refractivity contribution in [2.45, 2.75) is 52.4 Å². The fourth-order valence-corrected chi connectivity index (χ4v) is 3.71. The van der Waals surface area contributed by atoms with Crippen molar-refractivity contribution in [2.75, 3.05) is 13.2 Å². The highest BCUT2D eigenvalue weighted by Gasteiger charge is 2.10. The molecule has 0 spiro atoms. The van der Waals surface area contributed by atoms with Gasteiger partial charge in [-0.2, -0.15) is 0 Å². The summed E-state index contributed by atoms with van der Waals surface area (Å²) < 4.78 is 6.25. The zero-order valence-electron chi connectivity index (χ0n) is 16.9. The maximum absolute atomic E-state index is 10.3. The first-order valence-corrected chi connectivity index (χ1v) is 10.2. The first-order chi connectivity index (χ1) is 13.6. The van der Waals surface area contributed by atoms with Gasteiger partial charge < -0.3 is 4.74 Å². The fraction of sp³-hybridized carbons (Fsp3) is 0.417. The second kappa shape index (κ2) is 9.54. The Labute approximate surface area is 166 Å². The van der Waals surface area contributed by atoms with Crippen LogP contribution in [0.1, 0.15) is 49.7 Å². The van der Waals surface area contributed by atoms with Gasteiger partial charge in [0.05, 0.1) is 6.61 Å². The third-order valence-electron chi connectivity index (χ3n) is 5.45. The normalized spacial score (nSPS) is 11.2. The second-order valence-electron chi connectivity index (χ2n) is 7.59. The van der Waals surface area contributed by atoms with Crippen molar-refractivity contribution in [3.63, 3.8) is 0 Å². The summed E-state index contributed by atoms with van der Waals surface area (Å²) in [5.41, 5.74) is 2.46. The van der Waals surface area contributed by atoms with E-state index in [1.54, 1.807) is 0 Å². The lowest BCUT2D eigenvalue weighted by atomic mass is 9.98. The van der Waals surface area contributed by atoms with Crippen LogP contribution in [0.5, 0.6) is 5.75 Å². The molecule has 4 heteroatoms. The highest BCUT2D eigenvalue weighted by atomic mass is 16.6. The molecule has 0 amide bonds. The van der Waals surface area contributed by atoms with Crippen molar-refractivity contribution in [1.29, 1.82) is 0 Å². The molecule has 3 rings (SSSR count). The molecule has 0 saturated carbocycles. The number of hydrogen-bond donors (Lipinski definition) is 0. The van der Waals surface area contributed by atoms with Gasteiger partial charge in [-0.15, -0.1) is 0 Å². The summed E-state index contributed by atoms with van der Waals surface area (Å²) in [6, 6.07) is 15.2. The molecule has 0 fully saturated rings. The topological polar surface area (TPSA) is 52.4 Å². The van der Waals surface area contributed by atoms with Crippen LogP contribution in [0.4, 0.5) is 0 Å². The summed E-state index contributed by atoms with van der Waals surface area (Å²) in [5.74, 6) is 1.01. The molecule has 0 saturated heterocycles. The molecule has 0 N–H and O–H groups in total. The predicted molar refractivity (Wildman–Crippen MR) is 116 cm³/mol. The number of rotatable bonds is 10. The Kier molecular flexibility index (Phi) is 6.85. The van der Waals surface area contributed by atoms with E-state index in [4.69, 9.17) is 4.74 Å². The van der Waals surface area contributed by atoms with E-state index in [2.05, 4.69) is 56.3 Å². The molecule has 0 radical (unpaired) electrons. The molecule has 0 aliphatic carbocycles. The average Bonchev–Trinajstić information content (AvgIpc) is 2.68. The summed E-state index contributed by atoms with van der Waals surface area (Å²) in [6.45, 7) is 5.08. The Morgan fingerprint density at radius 2 is 1.50 bits per heavy atom. The largest absolute Gasteiger partial charge is 0.493 e. The smallest absolute Gasteiger partial charge is 0.203 e. The molecule has 28 heavy (non-hydrogen) atoms. The number of unbranched alkanes of at least 4 members (excludes halogenated alkanes) is 5. The van der Waals surface area contributed by atoms with E-state index in [0.717, 1.165) is 37.9 Å². The minimum atomic E-state index is -0.231. The monoisotopic (exact) mass is 379 g/mol. The molecule has 4 nitrogen and oxygen atoms in total. The maximum atomic E-state index is 10.3. The molecule has 3 aromatic rings. The van der Waals surface area contributed by atoms with Crippen molar-refractivity contribution in [3.8, 4) is 5.75 Å². The van der Waals surface area contributed by atoms with Gasteiger partial charge in [-0.25, -0.2) is 0 Å². The minimum Gasteiger partial charge on any atom is -0.493 e. The van der Waals surface area contributed by atoms with Crippen molar-refractivity contribution in [3.05, 3.63) is 63.7 Å². The van der Waals surface area contributed by atoms with E-state index >= 15 is 0 Å². The fourth-order valence-electron chi connectivity index (χ4n) is 3.71. The van der Waals surface area contributed by atoms with Gasteiger partial charge in [0.25, 0.3) is 0 Å². The Morgan fingerprint density at radius 1 is 0.857 bits per heavy atom. The van der Waals surface area contributed by atoms with Gasteiger partial charge in [0, 0.05) is 16.7 Å². The van der Waals surface area contributed by atoms with Crippen LogP contribution >= 0.6 is 0 Å². The van der Waals surface area contributed by atoms with Gasteiger partial charge in [-0.1, -0.05) is 49.6 Å². The zero-order valence-corrected chi connectivity index (χ0v) is 16.9. The lowest BCUT2D eigenvalue weighted by molar-refractivity contribution is -0.480. The quantitative estimate of drug-likeness (QED) is 0.172. The number of nitro groups is 1. The molecule has 0 aliphatic rings. The van der Waals surface area contributed by atoms with E-state index in [1.807, 2.05) is 0 Å². The number of nitrogens with zero attached hydrogens (tertiary/aromatic N) is 1. The third kappa shape index (κ3) is 5.00. The number of aryl methyl sites for hydroxylation is 1. The van der Waals surface area contributed by atoms with Crippen molar-refractivity contribution in [2.24, 2.45) is 0 Å². The molecule has 148 valence electrons. The number of fused-ring (bicyclic) bond motifs is 2. The van der Waals surface area contributed by atoms with Gasteiger partial charge in [0.1, 0.15) is 5.75 Å². The molecule has 0 aliphatic heterocycles. The number of hydrogen-bond acceptors (Lipinski definition) is 3. The molecule has 0 unspecified atom stereocenters. The number of benzene rings is 3. The van der Waals surface area contributed by atoms with E-state index in [0.29, 0.717) is 13.0 Å². The molecule has 0 heterocycles. The summed E-state index contributed by atoms with van der Waals surface area (Å²) >= 11 is 0. The Morgan fingerprint density at radius 3 is 2.21 bits per heavy atom. The first kappa shape index (κ1) is 20.1. The van der Waals surface area contributed by atoms with Crippen LogP contribution in [0.25, 0.3) is 21.5 Å². The lowest BCUT2D eigenvalue weighted by Gasteiger charge is -2.15. The van der Waals surface area contributed by atoms with Crippen molar-refractivity contribution in [1.82, 2.24) is 0 Å². The van der Waals surface area contributed by atoms with Crippen molar-refractivity contribution >= 4 is 21.5 Å². The SMILES string of the molecule is Cc1cc2cc3ccccc3cc2c(OCCCCCCCC[N+](=O)[O-])c1C. The Balaban J connectivity index is 1.60. The Hall–Kier alpha value is -2.62. The van der Waals surface area contributed by atoms with Gasteiger partial charge in [-0.3, -0.25) is 10.1 Å². The molecule has 0 atom stereocenters. The van der Waals surface area contributed by atoms with Crippen LogP contribution in [0.2, 0.25) is 0 Å². The van der Waals surface area contributed by atoms with Crippen LogP contribution in [-0.4, -0.2) is 18.1 Å². The first-order valence-electron chi connectivity index (χ1n) is 10.2. The summed E-state index contributed by atoms with van der Waals surface area (Å²) in [6.07, 6.45) is 5.91. The van der Waals surface area contributed by atoms with Crippen LogP contribution < -0.4 is 4.74 Å². The number of ether oxygens (including phenoxy) is 1. The lowest BCUT2D eigenvalue weighted by Crippen LogP contribution is -2.01. The maximum Gasteiger partial charge on any atom is 0.203 e. The van der Waals surface area contributed by atoms with Gasteiger partial charge in [0.15, 0.2) is 0 Å². The molecule has 3 aromatic carbocycles. The summed E-state index contributed by atoms with van der Waals surface area (Å²) in [4.78, 5) is 10.1. The van der Waals surface area contributed by atoms with Crippen molar-refractivity contribution < 1.29 is 9.66 Å². The summed E-state index contributed by atoms with van der Waals surface area (Å²) in [7, 11) is 0. The van der Waals surface area contributed by atoms with Gasteiger partial charge in [0.2, 0.25) is 6.54 Å². The molecule has 0 bridgehead atoms. The molecule has 0 aromatic heterocycles. The van der Waals surface area contributed by atoms with Gasteiger partial charge >= 0.3 is 0 Å². The Bertz CT molecular complexity index is 965. The van der Waals surface area contributed by atoms with E-state index < -0.39 is 0 Å². The van der Waals surface area contributed by atoms with Gasteiger partial charge in [-0.05, 0) is 66.1 Å². The molecular weight excluding hydrogens is 350 g/mol. The average molecular weight is 380 g/mol. The summed E-state index contributed by atoms with van der Waals surface area (Å²) in [5, 5.41) is 15.2. The highest BCUT2D eigenvalue weighted by Crippen LogP contribution is 2.35. The van der Waals surface area contributed by atoms with E-state index in [9.17, 15) is 10.1 Å². The van der Waals surface area contributed by atoms with Crippen LogP contribution in [0.3, 0.4) is 0 Å². The van der Waals surface area contributed by atoms with Crippen LogP contribution in [0.15, 0.2) is 42.5 Å². The third-order valence-corrected chi connectivity index (χ3v) is 5.45. The minimum absolute atomic E-state index is 0.0947. The van der Waals surface area contributed by atoms with E-state index in [1.165, 1.54) is 32.7 Å². The standard InChI is InChI=1S/C24H29NO3/c1-18-15-22-16-20-11-7-8-12-21(20)17-23(22)24(19(18)2)28-14-10-6-4-3-5-9-13-25(26)27/h7-8,11-12,15-17H,3-6,9-10,13-14H2,1-2H3. The van der Waals surface area contributed by atoms with Crippen LogP contribution in [0, 0.1) is 24.0 Å². The van der Waals surface area contributed by atoms with E-state index in [-0.39, 0.29) is 11.5 Å². The molecular formula is C24H29NO3. The second-order valence-corrected chi connectivity index (χ2v) is 7.59. The highest BCUT2D eigenvalue weighted by molar-refractivity contribution is 6.01. The van der Waals surface area contributed by atoms with Crippen LogP contribution in [-0.2, 0) is 0 Å². The predicted octanol–water partition coefficient (Wildman–Crippen LogP) is 6.61. The zero-order chi connectivity index (χ0) is 19.9.